The minimum atomic E-state index is -4.02. The van der Waals surface area contributed by atoms with Crippen molar-refractivity contribution in [3.63, 3.8) is 0 Å². The van der Waals surface area contributed by atoms with E-state index in [1.165, 1.54) is 15.6 Å². The van der Waals surface area contributed by atoms with Crippen molar-refractivity contribution < 1.29 is 37.3 Å². The fourth-order valence-corrected chi connectivity index (χ4v) is 10.2. The molecule has 6 fully saturated rings. The fourth-order valence-electron chi connectivity index (χ4n) is 7.52. The summed E-state index contributed by atoms with van der Waals surface area (Å²) in [6, 6.07) is 12.0. The van der Waals surface area contributed by atoms with E-state index in [0.717, 1.165) is 65.9 Å². The number of aromatic nitrogens is 1. The summed E-state index contributed by atoms with van der Waals surface area (Å²) in [4.78, 5) is 18.4. The topological polar surface area (TPSA) is 149 Å². The van der Waals surface area contributed by atoms with Crippen molar-refractivity contribution in [2.75, 3.05) is 32.1 Å². The number of amides is 1. The molecule has 50 heavy (non-hydrogen) atoms. The van der Waals surface area contributed by atoms with Gasteiger partial charge in [0, 0.05) is 31.0 Å². The molecule has 7 atom stereocenters. The zero-order chi connectivity index (χ0) is 34.6. The Morgan fingerprint density at radius 1 is 1.14 bits per heavy atom. The maximum atomic E-state index is 14.4. The Kier molecular flexibility index (Phi) is 9.22. The first kappa shape index (κ1) is 34.1. The Balaban J connectivity index is 1.03. The van der Waals surface area contributed by atoms with Gasteiger partial charge in [0.25, 0.3) is 0 Å². The van der Waals surface area contributed by atoms with Gasteiger partial charge in [-0.1, -0.05) is 30.4 Å². The molecule has 3 aromatic rings. The molecule has 7 unspecified atom stereocenters. The third-order valence-corrected chi connectivity index (χ3v) is 13.8. The summed E-state index contributed by atoms with van der Waals surface area (Å²) in [5.41, 5.74) is 1.40. The molecule has 1 aromatic heterocycles. The molecule has 0 spiro atoms. The van der Waals surface area contributed by atoms with Crippen LogP contribution in [-0.4, -0.2) is 92.4 Å². The molecule has 14 heteroatoms. The van der Waals surface area contributed by atoms with Gasteiger partial charge in [0.05, 0.1) is 47.1 Å². The van der Waals surface area contributed by atoms with Gasteiger partial charge in [-0.2, -0.15) is 4.31 Å². The van der Waals surface area contributed by atoms with E-state index >= 15 is 0 Å². The van der Waals surface area contributed by atoms with Gasteiger partial charge in [-0.3, -0.25) is 0 Å². The van der Waals surface area contributed by atoms with E-state index in [1.54, 1.807) is 25.3 Å². The number of aliphatic hydroxyl groups excluding tert-OH is 1. The molecule has 270 valence electrons. The number of aliphatic hydroxyl groups is 1. The van der Waals surface area contributed by atoms with Crippen molar-refractivity contribution in [2.45, 2.75) is 99.9 Å². The normalized spacial score (nSPS) is 27.9. The highest BCUT2D eigenvalue weighted by Gasteiger charge is 2.50. The lowest BCUT2D eigenvalue weighted by Gasteiger charge is -2.32. The van der Waals surface area contributed by atoms with Crippen molar-refractivity contribution >= 4 is 42.8 Å². The number of nitrogens with zero attached hydrogens (tertiary/aromatic N) is 2. The third-order valence-electron chi connectivity index (χ3n) is 11.0. The van der Waals surface area contributed by atoms with Gasteiger partial charge in [-0.15, -0.1) is 0 Å². The summed E-state index contributed by atoms with van der Waals surface area (Å²) in [6.07, 6.45) is 4.09. The summed E-state index contributed by atoms with van der Waals surface area (Å²) in [7, 11) is -2.43. The van der Waals surface area contributed by atoms with Crippen LogP contribution in [0.2, 0.25) is 0 Å². The number of carbonyl (C=O) groups excluding carboxylic acids is 1. The van der Waals surface area contributed by atoms with Crippen LogP contribution >= 0.6 is 11.3 Å². The number of anilines is 1. The van der Waals surface area contributed by atoms with Crippen molar-refractivity contribution in [2.24, 2.45) is 17.3 Å². The summed E-state index contributed by atoms with van der Waals surface area (Å²) in [5, 5.41) is 19.0. The summed E-state index contributed by atoms with van der Waals surface area (Å²) in [6.45, 7) is 2.59. The lowest BCUT2D eigenvalue weighted by molar-refractivity contribution is -0.139. The predicted octanol–water partition coefficient (Wildman–Crippen LogP) is 4.91. The lowest BCUT2D eigenvalue weighted by Crippen LogP contribution is -2.52. The molecule has 4 heterocycles. The Bertz CT molecular complexity index is 1790. The van der Waals surface area contributed by atoms with E-state index in [2.05, 4.69) is 22.5 Å². The standard InChI is InChI=1S/C36H46N4O8S2/c1-36(13-14-36)20-40(50(43,44)26-11-12-27-31(17-26)49-34(38-27)37-24-7-8-24)18-29(41)28(15-21-3-9-25(45-2)10-4-21)39-35(42)48-32-23-6-5-22-16-30(32)47-33(22)46-19-23/h3-4,9-12,17,22-24,28-30,32-33,41H,5-8,13-16,18-20H2,1-2H3,(H,37,38)(H,39,42). The molecule has 9 rings (SSSR count). The van der Waals surface area contributed by atoms with E-state index in [0.29, 0.717) is 24.3 Å². The van der Waals surface area contributed by atoms with Gasteiger partial charge in [0.1, 0.15) is 11.9 Å². The molecular formula is C36H46N4O8S2. The molecular weight excluding hydrogens is 681 g/mol. The zero-order valence-electron chi connectivity index (χ0n) is 28.5. The van der Waals surface area contributed by atoms with Crippen molar-refractivity contribution in [1.29, 1.82) is 0 Å². The van der Waals surface area contributed by atoms with Crippen LogP contribution in [0.4, 0.5) is 9.93 Å². The first-order valence-corrected chi connectivity index (χ1v) is 20.0. The molecule has 0 radical (unpaired) electrons. The first-order chi connectivity index (χ1) is 24.0. The maximum absolute atomic E-state index is 14.4. The van der Waals surface area contributed by atoms with Gasteiger partial charge in [-0.05, 0) is 92.7 Å². The van der Waals surface area contributed by atoms with Gasteiger partial charge < -0.3 is 34.7 Å². The van der Waals surface area contributed by atoms with Crippen LogP contribution < -0.4 is 15.4 Å². The Hall–Kier alpha value is -3.01. The highest BCUT2D eigenvalue weighted by Crippen LogP contribution is 2.47. The van der Waals surface area contributed by atoms with Gasteiger partial charge in [0.15, 0.2) is 11.4 Å². The van der Waals surface area contributed by atoms with Crippen LogP contribution in [0, 0.1) is 17.3 Å². The number of thiazole rings is 1. The quantitative estimate of drug-likeness (QED) is 0.209. The lowest BCUT2D eigenvalue weighted by atomic mass is 9.96. The summed E-state index contributed by atoms with van der Waals surface area (Å²) >= 11 is 1.44. The number of methoxy groups -OCH3 is 1. The van der Waals surface area contributed by atoms with Crippen LogP contribution in [0.5, 0.6) is 5.75 Å². The minimum Gasteiger partial charge on any atom is -0.497 e. The second kappa shape index (κ2) is 13.5. The Morgan fingerprint density at radius 3 is 2.66 bits per heavy atom. The SMILES string of the molecule is COc1ccc(CC(NC(=O)OC2C3CCC4CC2OC4OC3)C(O)CN(CC2(C)CC2)S(=O)(=O)c2ccc3nc(NC4CC4)sc3c2)cc1. The molecule has 3 saturated heterocycles. The number of carbonyl (C=O) groups is 1. The minimum absolute atomic E-state index is 0.0320. The highest BCUT2D eigenvalue weighted by molar-refractivity contribution is 7.89. The smallest absolute Gasteiger partial charge is 0.407 e. The second-order valence-electron chi connectivity index (χ2n) is 15.1. The van der Waals surface area contributed by atoms with Crippen LogP contribution in [-0.2, 0) is 30.7 Å². The Morgan fingerprint density at radius 2 is 1.92 bits per heavy atom. The molecule has 4 bridgehead atoms. The molecule has 3 aliphatic carbocycles. The molecule has 1 amide bonds. The number of hydrogen-bond donors (Lipinski definition) is 3. The average Bonchev–Trinajstić information content (AvgIpc) is 4.01. The molecule has 3 aliphatic heterocycles. The van der Waals surface area contributed by atoms with Crippen molar-refractivity contribution in [1.82, 2.24) is 14.6 Å². The second-order valence-corrected chi connectivity index (χ2v) is 18.1. The van der Waals surface area contributed by atoms with Crippen LogP contribution in [0.25, 0.3) is 10.2 Å². The number of nitrogens with one attached hydrogen (secondary N) is 2. The van der Waals surface area contributed by atoms with Crippen LogP contribution in [0.15, 0.2) is 47.4 Å². The van der Waals surface area contributed by atoms with Crippen LogP contribution in [0.1, 0.15) is 57.4 Å². The fraction of sp³-hybridized carbons (Fsp3) is 0.611. The van der Waals surface area contributed by atoms with Gasteiger partial charge in [0.2, 0.25) is 10.0 Å². The molecule has 3 N–H and O–H groups in total. The Labute approximate surface area is 296 Å². The van der Waals surface area contributed by atoms with E-state index < -0.39 is 34.4 Å². The molecule has 2 aromatic carbocycles. The number of alkyl carbamates (subject to hydrolysis) is 1. The number of fused-ring (bicyclic) bond motifs is 3. The maximum Gasteiger partial charge on any atom is 0.407 e. The number of benzene rings is 2. The number of sulfonamides is 1. The van der Waals surface area contributed by atoms with E-state index in [9.17, 15) is 18.3 Å². The largest absolute Gasteiger partial charge is 0.497 e. The predicted molar refractivity (Wildman–Crippen MR) is 188 cm³/mol. The third kappa shape index (κ3) is 7.33. The van der Waals surface area contributed by atoms with Crippen molar-refractivity contribution in [3.8, 4) is 5.75 Å². The average molecular weight is 727 g/mol. The number of hydrogen-bond acceptors (Lipinski definition) is 11. The van der Waals surface area contributed by atoms with E-state index in [-0.39, 0.29) is 48.1 Å². The number of rotatable bonds is 14. The number of ether oxygens (including phenoxy) is 4. The van der Waals surface area contributed by atoms with Crippen LogP contribution in [0.3, 0.4) is 0 Å². The van der Waals surface area contributed by atoms with Crippen molar-refractivity contribution in [3.05, 3.63) is 48.0 Å². The van der Waals surface area contributed by atoms with Gasteiger partial charge >= 0.3 is 6.09 Å². The molecule has 6 aliphatic rings. The van der Waals surface area contributed by atoms with E-state index in [4.69, 9.17) is 18.9 Å². The molecule has 12 nitrogen and oxygen atoms in total. The zero-order valence-corrected chi connectivity index (χ0v) is 30.1. The molecule has 3 saturated carbocycles. The van der Waals surface area contributed by atoms with E-state index in [1.807, 2.05) is 24.3 Å². The summed E-state index contributed by atoms with van der Waals surface area (Å²) in [5.74, 6) is 1.03. The highest BCUT2D eigenvalue weighted by atomic mass is 32.2. The first-order valence-electron chi connectivity index (χ1n) is 17.8. The summed E-state index contributed by atoms with van der Waals surface area (Å²) < 4.78 is 54.3. The monoisotopic (exact) mass is 726 g/mol. The van der Waals surface area contributed by atoms with Gasteiger partial charge in [-0.25, -0.2) is 18.2 Å².